The van der Waals surface area contributed by atoms with E-state index in [9.17, 15) is 9.59 Å². The van der Waals surface area contributed by atoms with Crippen molar-refractivity contribution in [3.8, 4) is 0 Å². The number of carbonyl (C=O) groups excluding carboxylic acids is 2. The van der Waals surface area contributed by atoms with Crippen LogP contribution in [0.15, 0.2) is 23.1 Å². The molecular weight excluding hydrogens is 334 g/mol. The van der Waals surface area contributed by atoms with Gasteiger partial charge >= 0.3 is 0 Å². The average molecular weight is 352 g/mol. The van der Waals surface area contributed by atoms with E-state index in [1.807, 2.05) is 18.2 Å². The fraction of sp³-hybridized carbons (Fsp3) is 0.375. The minimum Gasteiger partial charge on any atom is -0.369 e. The minimum atomic E-state index is -0.349. The molecule has 0 unspecified atom stereocenters. The number of likely N-dealkylation sites (N-methyl/N-ethyl adjacent to an activating group) is 1. The fourth-order valence-corrected chi connectivity index (χ4v) is 3.73. The zero-order chi connectivity index (χ0) is 16.6. The Kier molecular flexibility index (Phi) is 4.66. The molecule has 1 aromatic rings. The highest BCUT2D eigenvalue weighted by Gasteiger charge is 2.28. The van der Waals surface area contributed by atoms with Crippen LogP contribution in [-0.2, 0) is 4.79 Å². The van der Waals surface area contributed by atoms with Gasteiger partial charge in [0.2, 0.25) is 0 Å². The standard InChI is InChI=1S/C16H18ClN3O2S/c1-19(2)12-5-6-20(9-12)13-4-3-11(17)7-10(13)8-14-15(21)18-16(22)23-14/h3-4,7-8,12H,5-6,9H2,1-2H3,(H,18,21,22)/b14-8-/t12-/m0/s1. The van der Waals surface area contributed by atoms with Crippen LogP contribution >= 0.6 is 23.4 Å². The van der Waals surface area contributed by atoms with Crippen molar-refractivity contribution in [2.45, 2.75) is 12.5 Å². The smallest absolute Gasteiger partial charge is 0.290 e. The Morgan fingerprint density at radius 2 is 2.17 bits per heavy atom. The van der Waals surface area contributed by atoms with Gasteiger partial charge in [-0.25, -0.2) is 0 Å². The van der Waals surface area contributed by atoms with Crippen LogP contribution in [0.25, 0.3) is 6.08 Å². The van der Waals surface area contributed by atoms with Gasteiger partial charge in [-0.1, -0.05) is 11.6 Å². The van der Waals surface area contributed by atoms with E-state index in [1.165, 1.54) is 0 Å². The number of nitrogens with one attached hydrogen (secondary N) is 1. The largest absolute Gasteiger partial charge is 0.369 e. The number of imide groups is 1. The minimum absolute atomic E-state index is 0.335. The number of hydrogen-bond donors (Lipinski definition) is 1. The van der Waals surface area contributed by atoms with Crippen molar-refractivity contribution >= 4 is 46.3 Å². The summed E-state index contributed by atoms with van der Waals surface area (Å²) in [6, 6.07) is 6.18. The molecule has 0 aromatic heterocycles. The SMILES string of the molecule is CN(C)[C@H]1CCN(c2ccc(Cl)cc2/C=C2\SC(=O)NC2=O)C1. The second-order valence-electron chi connectivity index (χ2n) is 5.91. The molecule has 2 heterocycles. The third-order valence-corrected chi connectivity index (χ3v) is 5.20. The molecule has 0 bridgehead atoms. The highest BCUT2D eigenvalue weighted by Crippen LogP contribution is 2.33. The molecule has 1 N–H and O–H groups in total. The number of thioether (sulfide) groups is 1. The molecule has 122 valence electrons. The third kappa shape index (κ3) is 3.54. The number of anilines is 1. The number of benzene rings is 1. The Morgan fingerprint density at radius 3 is 2.78 bits per heavy atom. The molecule has 0 radical (unpaired) electrons. The lowest BCUT2D eigenvalue weighted by molar-refractivity contribution is -0.115. The molecule has 3 rings (SSSR count). The van der Waals surface area contributed by atoms with Gasteiger partial charge in [0, 0.05) is 35.4 Å². The molecule has 1 atom stereocenters. The van der Waals surface area contributed by atoms with Crippen molar-refractivity contribution in [2.24, 2.45) is 0 Å². The second kappa shape index (κ2) is 6.55. The number of carbonyl (C=O) groups is 2. The summed E-state index contributed by atoms with van der Waals surface area (Å²) in [6.45, 7) is 1.89. The molecule has 1 aromatic carbocycles. The van der Waals surface area contributed by atoms with Crippen molar-refractivity contribution in [1.82, 2.24) is 10.2 Å². The maximum Gasteiger partial charge on any atom is 0.290 e. The summed E-state index contributed by atoms with van der Waals surface area (Å²) in [5.41, 5.74) is 1.91. The van der Waals surface area contributed by atoms with E-state index in [4.69, 9.17) is 11.6 Å². The molecular formula is C16H18ClN3O2S. The maximum atomic E-state index is 11.8. The van der Waals surface area contributed by atoms with Crippen LogP contribution in [0.1, 0.15) is 12.0 Å². The van der Waals surface area contributed by atoms with E-state index in [0.717, 1.165) is 42.5 Å². The first-order chi connectivity index (χ1) is 10.9. The van der Waals surface area contributed by atoms with E-state index in [-0.39, 0.29) is 11.1 Å². The molecule has 0 saturated carbocycles. The highest BCUT2D eigenvalue weighted by molar-refractivity contribution is 8.18. The van der Waals surface area contributed by atoms with E-state index in [2.05, 4.69) is 29.2 Å². The van der Waals surface area contributed by atoms with Crippen molar-refractivity contribution in [3.63, 3.8) is 0 Å². The van der Waals surface area contributed by atoms with Gasteiger partial charge in [0.05, 0.1) is 4.91 Å². The van der Waals surface area contributed by atoms with Gasteiger partial charge in [-0.15, -0.1) is 0 Å². The van der Waals surface area contributed by atoms with Gasteiger partial charge in [-0.05, 0) is 56.6 Å². The van der Waals surface area contributed by atoms with Gasteiger partial charge in [-0.2, -0.15) is 0 Å². The monoisotopic (exact) mass is 351 g/mol. The second-order valence-corrected chi connectivity index (χ2v) is 7.36. The zero-order valence-corrected chi connectivity index (χ0v) is 14.6. The normalized spacial score (nSPS) is 23.2. The summed E-state index contributed by atoms with van der Waals surface area (Å²) in [5.74, 6) is -0.349. The number of nitrogens with zero attached hydrogens (tertiary/aromatic N) is 2. The first-order valence-electron chi connectivity index (χ1n) is 7.40. The summed E-state index contributed by atoms with van der Waals surface area (Å²) >= 11 is 7.05. The summed E-state index contributed by atoms with van der Waals surface area (Å²) in [5, 5.41) is 2.55. The average Bonchev–Trinajstić information content (AvgIpc) is 3.07. The molecule has 23 heavy (non-hydrogen) atoms. The summed E-state index contributed by atoms with van der Waals surface area (Å²) in [7, 11) is 4.17. The van der Waals surface area contributed by atoms with Crippen molar-refractivity contribution in [1.29, 1.82) is 0 Å². The third-order valence-electron chi connectivity index (χ3n) is 4.15. The van der Waals surface area contributed by atoms with Crippen LogP contribution in [0.4, 0.5) is 10.5 Å². The molecule has 7 heteroatoms. The highest BCUT2D eigenvalue weighted by atomic mass is 35.5. The van der Waals surface area contributed by atoms with Crippen LogP contribution in [-0.4, -0.2) is 49.3 Å². The van der Waals surface area contributed by atoms with Crippen LogP contribution < -0.4 is 10.2 Å². The quantitative estimate of drug-likeness (QED) is 0.849. The van der Waals surface area contributed by atoms with E-state index >= 15 is 0 Å². The molecule has 2 fully saturated rings. The number of amides is 2. The topological polar surface area (TPSA) is 52.6 Å². The molecule has 0 spiro atoms. The first-order valence-corrected chi connectivity index (χ1v) is 8.59. The van der Waals surface area contributed by atoms with Crippen LogP contribution in [0.3, 0.4) is 0 Å². The molecule has 2 amide bonds. The molecule has 2 saturated heterocycles. The zero-order valence-electron chi connectivity index (χ0n) is 13.0. The van der Waals surface area contributed by atoms with E-state index in [1.54, 1.807) is 6.08 Å². The predicted octanol–water partition coefficient (Wildman–Crippen LogP) is 2.80. The predicted molar refractivity (Wildman–Crippen MR) is 94.9 cm³/mol. The van der Waals surface area contributed by atoms with Crippen molar-refractivity contribution < 1.29 is 9.59 Å². The summed E-state index contributed by atoms with van der Waals surface area (Å²) < 4.78 is 0. The Labute approximate surface area is 144 Å². The van der Waals surface area contributed by atoms with E-state index < -0.39 is 0 Å². The molecule has 5 nitrogen and oxygen atoms in total. The van der Waals surface area contributed by atoms with Crippen LogP contribution in [0, 0.1) is 0 Å². The Balaban J connectivity index is 1.92. The number of rotatable bonds is 3. The lowest BCUT2D eigenvalue weighted by atomic mass is 10.1. The van der Waals surface area contributed by atoms with Gasteiger partial charge in [0.25, 0.3) is 11.1 Å². The summed E-state index contributed by atoms with van der Waals surface area (Å²) in [4.78, 5) is 28.0. The first kappa shape index (κ1) is 16.4. The van der Waals surface area contributed by atoms with Crippen molar-refractivity contribution in [2.75, 3.05) is 32.1 Å². The lowest BCUT2D eigenvalue weighted by Gasteiger charge is -2.23. The molecule has 0 aliphatic carbocycles. The Bertz CT molecular complexity index is 690. The Hall–Kier alpha value is -1.50. The summed E-state index contributed by atoms with van der Waals surface area (Å²) in [6.07, 6.45) is 2.84. The Morgan fingerprint density at radius 1 is 1.39 bits per heavy atom. The number of hydrogen-bond acceptors (Lipinski definition) is 5. The molecule has 2 aliphatic rings. The van der Waals surface area contributed by atoms with Crippen LogP contribution in [0.5, 0.6) is 0 Å². The number of halogens is 1. The molecule has 2 aliphatic heterocycles. The van der Waals surface area contributed by atoms with Gasteiger partial charge in [0.15, 0.2) is 0 Å². The van der Waals surface area contributed by atoms with Gasteiger partial charge in [0.1, 0.15) is 0 Å². The van der Waals surface area contributed by atoms with E-state index in [0.29, 0.717) is 16.0 Å². The fourth-order valence-electron chi connectivity index (χ4n) is 2.87. The van der Waals surface area contributed by atoms with Crippen molar-refractivity contribution in [3.05, 3.63) is 33.7 Å². The van der Waals surface area contributed by atoms with Crippen LogP contribution in [0.2, 0.25) is 5.02 Å². The van der Waals surface area contributed by atoms with Gasteiger partial charge < -0.3 is 9.80 Å². The lowest BCUT2D eigenvalue weighted by Crippen LogP contribution is -2.31. The maximum absolute atomic E-state index is 11.8. The van der Waals surface area contributed by atoms with Gasteiger partial charge in [-0.3, -0.25) is 14.9 Å².